The van der Waals surface area contributed by atoms with Gasteiger partial charge in [0, 0.05) is 37.9 Å². The number of carbonyl (C=O) groups is 2. The number of rotatable bonds is 6. The highest BCUT2D eigenvalue weighted by Crippen LogP contribution is 2.23. The normalized spacial score (nSPS) is 14.3. The molecule has 0 unspecified atom stereocenters. The van der Waals surface area contributed by atoms with Crippen molar-refractivity contribution in [2.24, 2.45) is 0 Å². The highest BCUT2D eigenvalue weighted by atomic mass is 16.5. The van der Waals surface area contributed by atoms with E-state index in [-0.39, 0.29) is 18.4 Å². The van der Waals surface area contributed by atoms with E-state index >= 15 is 0 Å². The lowest BCUT2D eigenvalue weighted by atomic mass is 10.2. The average molecular weight is 419 g/mol. The minimum absolute atomic E-state index is 0.0988. The number of nitrogens with zero attached hydrogens (tertiary/aromatic N) is 2. The Morgan fingerprint density at radius 2 is 1.68 bits per heavy atom. The van der Waals surface area contributed by atoms with Crippen molar-refractivity contribution in [1.82, 2.24) is 9.80 Å². The molecule has 0 saturated carbocycles. The Morgan fingerprint density at radius 1 is 0.935 bits per heavy atom. The zero-order chi connectivity index (χ0) is 21.6. The highest BCUT2D eigenvalue weighted by Gasteiger charge is 2.25. The zero-order valence-electron chi connectivity index (χ0n) is 17.4. The van der Waals surface area contributed by atoms with Crippen LogP contribution in [0.25, 0.3) is 0 Å². The number of ether oxygens (including phenoxy) is 1. The maximum Gasteiger partial charge on any atom is 0.289 e. The zero-order valence-corrected chi connectivity index (χ0v) is 17.4. The van der Waals surface area contributed by atoms with Crippen LogP contribution in [-0.4, -0.2) is 54.3 Å². The van der Waals surface area contributed by atoms with Crippen molar-refractivity contribution < 1.29 is 18.7 Å². The van der Waals surface area contributed by atoms with E-state index in [1.165, 1.54) is 0 Å². The molecule has 3 aromatic rings. The van der Waals surface area contributed by atoms with Crippen molar-refractivity contribution in [2.75, 3.05) is 38.0 Å². The summed E-state index contributed by atoms with van der Waals surface area (Å²) in [6.07, 6.45) is 0. The number of furan rings is 1. The summed E-state index contributed by atoms with van der Waals surface area (Å²) in [6.45, 7) is 4.48. The van der Waals surface area contributed by atoms with Crippen LogP contribution in [0.1, 0.15) is 16.3 Å². The molecule has 1 saturated heterocycles. The van der Waals surface area contributed by atoms with Crippen molar-refractivity contribution in [1.29, 1.82) is 0 Å². The summed E-state index contributed by atoms with van der Waals surface area (Å²) in [5.41, 5.74) is 0.681. The number of amides is 2. The van der Waals surface area contributed by atoms with Gasteiger partial charge in [0.15, 0.2) is 5.76 Å². The predicted molar refractivity (Wildman–Crippen MR) is 117 cm³/mol. The molecule has 0 atom stereocenters. The van der Waals surface area contributed by atoms with Crippen molar-refractivity contribution in [3.8, 4) is 11.5 Å². The molecule has 31 heavy (non-hydrogen) atoms. The van der Waals surface area contributed by atoms with Crippen LogP contribution in [0, 0.1) is 6.92 Å². The molecule has 0 bridgehead atoms. The van der Waals surface area contributed by atoms with Gasteiger partial charge in [0.05, 0.1) is 6.54 Å². The fraction of sp³-hybridized carbons (Fsp3) is 0.250. The van der Waals surface area contributed by atoms with Crippen LogP contribution < -0.4 is 10.1 Å². The molecule has 1 fully saturated rings. The van der Waals surface area contributed by atoms with E-state index in [1.54, 1.807) is 23.1 Å². The van der Waals surface area contributed by atoms with Gasteiger partial charge in [-0.15, -0.1) is 0 Å². The van der Waals surface area contributed by atoms with Crippen LogP contribution in [0.3, 0.4) is 0 Å². The maximum absolute atomic E-state index is 12.5. The number of benzene rings is 2. The van der Waals surface area contributed by atoms with Crippen LogP contribution in [-0.2, 0) is 4.79 Å². The van der Waals surface area contributed by atoms with E-state index < -0.39 is 0 Å². The molecular formula is C24H25N3O4. The first-order chi connectivity index (χ1) is 15.1. The summed E-state index contributed by atoms with van der Waals surface area (Å²) in [5.74, 6) is 2.27. The molecule has 1 N–H and O–H groups in total. The Balaban J connectivity index is 1.26. The molecule has 2 heterocycles. The second-order valence-corrected chi connectivity index (χ2v) is 7.47. The van der Waals surface area contributed by atoms with E-state index in [1.807, 2.05) is 60.4 Å². The van der Waals surface area contributed by atoms with Gasteiger partial charge in [-0.2, -0.15) is 0 Å². The van der Waals surface area contributed by atoms with Gasteiger partial charge in [0.1, 0.15) is 17.3 Å². The number of para-hydroxylation sites is 1. The lowest BCUT2D eigenvalue weighted by Gasteiger charge is -2.33. The largest absolute Gasteiger partial charge is 0.457 e. The third-order valence-electron chi connectivity index (χ3n) is 5.07. The van der Waals surface area contributed by atoms with Gasteiger partial charge in [0.2, 0.25) is 5.91 Å². The first kappa shape index (κ1) is 20.7. The number of piperazine rings is 1. The van der Waals surface area contributed by atoms with E-state index in [9.17, 15) is 9.59 Å². The minimum Gasteiger partial charge on any atom is -0.457 e. The second-order valence-electron chi connectivity index (χ2n) is 7.47. The maximum atomic E-state index is 12.5. The third-order valence-corrected chi connectivity index (χ3v) is 5.07. The fourth-order valence-corrected chi connectivity index (χ4v) is 3.48. The van der Waals surface area contributed by atoms with E-state index in [4.69, 9.17) is 9.15 Å². The van der Waals surface area contributed by atoms with Crippen LogP contribution in [0.5, 0.6) is 11.5 Å². The molecule has 0 aliphatic carbocycles. The van der Waals surface area contributed by atoms with Crippen molar-refractivity contribution in [3.63, 3.8) is 0 Å². The van der Waals surface area contributed by atoms with Crippen molar-refractivity contribution >= 4 is 17.5 Å². The second kappa shape index (κ2) is 9.49. The van der Waals surface area contributed by atoms with Crippen LogP contribution in [0.4, 0.5) is 5.69 Å². The lowest BCUT2D eigenvalue weighted by Crippen LogP contribution is -2.50. The molecule has 1 aliphatic heterocycles. The Hall–Kier alpha value is -3.58. The van der Waals surface area contributed by atoms with Crippen molar-refractivity contribution in [3.05, 3.63) is 78.3 Å². The van der Waals surface area contributed by atoms with Crippen LogP contribution in [0.15, 0.2) is 71.1 Å². The summed E-state index contributed by atoms with van der Waals surface area (Å²) < 4.78 is 11.2. The number of anilines is 1. The Morgan fingerprint density at radius 3 is 2.39 bits per heavy atom. The van der Waals surface area contributed by atoms with E-state index in [0.29, 0.717) is 43.4 Å². The third kappa shape index (κ3) is 5.52. The van der Waals surface area contributed by atoms with Crippen LogP contribution >= 0.6 is 0 Å². The summed E-state index contributed by atoms with van der Waals surface area (Å²) >= 11 is 0. The minimum atomic E-state index is -0.104. The standard InChI is InChI=1S/C24H25N3O4/c1-18-10-11-22(30-18)24(29)27-14-12-26(13-15-27)17-23(28)25-19-6-5-9-21(16-19)31-20-7-3-2-4-8-20/h2-11,16H,12-15,17H2,1H3,(H,25,28). The number of aryl methyl sites for hydroxylation is 1. The Labute approximate surface area is 181 Å². The molecule has 2 aromatic carbocycles. The van der Waals surface area contributed by atoms with Gasteiger partial charge >= 0.3 is 0 Å². The van der Waals surface area contributed by atoms with Gasteiger partial charge in [0.25, 0.3) is 5.91 Å². The first-order valence-corrected chi connectivity index (χ1v) is 10.3. The fourth-order valence-electron chi connectivity index (χ4n) is 3.48. The average Bonchev–Trinajstić information content (AvgIpc) is 3.21. The lowest BCUT2D eigenvalue weighted by molar-refractivity contribution is -0.117. The van der Waals surface area contributed by atoms with E-state index in [2.05, 4.69) is 5.32 Å². The smallest absolute Gasteiger partial charge is 0.289 e. The summed E-state index contributed by atoms with van der Waals surface area (Å²) in [6, 6.07) is 20.3. The predicted octanol–water partition coefficient (Wildman–Crippen LogP) is 3.78. The Kier molecular flexibility index (Phi) is 6.33. The SMILES string of the molecule is Cc1ccc(C(=O)N2CCN(CC(=O)Nc3cccc(Oc4ccccc4)c3)CC2)o1. The molecule has 7 heteroatoms. The number of nitrogens with one attached hydrogen (secondary N) is 1. The highest BCUT2D eigenvalue weighted by molar-refractivity contribution is 5.93. The molecular weight excluding hydrogens is 394 g/mol. The molecule has 1 aliphatic rings. The first-order valence-electron chi connectivity index (χ1n) is 10.3. The van der Waals surface area contributed by atoms with Gasteiger partial charge in [-0.3, -0.25) is 14.5 Å². The van der Waals surface area contributed by atoms with Gasteiger partial charge < -0.3 is 19.4 Å². The molecule has 0 spiro atoms. The van der Waals surface area contributed by atoms with Gasteiger partial charge in [-0.1, -0.05) is 24.3 Å². The molecule has 1 aromatic heterocycles. The molecule has 160 valence electrons. The van der Waals surface area contributed by atoms with Crippen molar-refractivity contribution in [2.45, 2.75) is 6.92 Å². The number of carbonyl (C=O) groups excluding carboxylic acids is 2. The van der Waals surface area contributed by atoms with Crippen LogP contribution in [0.2, 0.25) is 0 Å². The number of hydrogen-bond donors (Lipinski definition) is 1. The number of hydrogen-bond acceptors (Lipinski definition) is 5. The molecule has 2 amide bonds. The van der Waals surface area contributed by atoms with Gasteiger partial charge in [-0.05, 0) is 43.3 Å². The van der Waals surface area contributed by atoms with Gasteiger partial charge in [-0.25, -0.2) is 0 Å². The molecule has 0 radical (unpaired) electrons. The quantitative estimate of drug-likeness (QED) is 0.658. The molecule has 4 rings (SSSR count). The summed E-state index contributed by atoms with van der Waals surface area (Å²) in [7, 11) is 0. The molecule has 7 nitrogen and oxygen atoms in total. The monoisotopic (exact) mass is 419 g/mol. The summed E-state index contributed by atoms with van der Waals surface area (Å²) in [4.78, 5) is 28.8. The topological polar surface area (TPSA) is 75.0 Å². The summed E-state index contributed by atoms with van der Waals surface area (Å²) in [5, 5.41) is 2.92. The van der Waals surface area contributed by atoms with E-state index in [0.717, 1.165) is 11.5 Å². The Bertz CT molecular complexity index is 1040.